The Bertz CT molecular complexity index is 94.5. The lowest BCUT2D eigenvalue weighted by molar-refractivity contribution is 0.0148. The van der Waals surface area contributed by atoms with Crippen LogP contribution in [0.4, 0.5) is 0 Å². The van der Waals surface area contributed by atoms with Crippen molar-refractivity contribution in [2.45, 2.75) is 10.3 Å². The molecule has 0 radical (unpaired) electrons. The van der Waals surface area contributed by atoms with Crippen LogP contribution < -0.4 is 0 Å². The first-order valence-corrected chi connectivity index (χ1v) is 3.11. The third kappa shape index (κ3) is 1.64. The lowest BCUT2D eigenvalue weighted by atomic mass is 10.8. The van der Waals surface area contributed by atoms with Crippen molar-refractivity contribution >= 4 is 34.8 Å². The molecule has 0 aromatic heterocycles. The van der Waals surface area contributed by atoms with Gasteiger partial charge in [-0.1, -0.05) is 34.8 Å². The van der Waals surface area contributed by atoms with E-state index < -0.39 is 10.3 Å². The zero-order valence-corrected chi connectivity index (χ0v) is 6.00. The van der Waals surface area contributed by atoms with Gasteiger partial charge in [-0.3, -0.25) is 0 Å². The first kappa shape index (κ1) is 6.90. The molecule has 5 heteroatoms. The summed E-state index contributed by atoms with van der Waals surface area (Å²) in [5.74, 6) is -0.801. The van der Waals surface area contributed by atoms with E-state index in [0.29, 0.717) is 0 Å². The Labute approximate surface area is 61.6 Å². The molecule has 0 bridgehead atoms. The number of halogens is 3. The molecule has 1 saturated heterocycles. The van der Waals surface area contributed by atoms with Crippen LogP contribution in [0.5, 0.6) is 0 Å². The maximum atomic E-state index is 5.40. The molecule has 1 unspecified atom stereocenters. The smallest absolute Gasteiger partial charge is 0.244 e. The maximum Gasteiger partial charge on any atom is 0.244 e. The summed E-state index contributed by atoms with van der Waals surface area (Å²) < 4.78 is 8.03. The first-order chi connectivity index (χ1) is 3.60. The quantitative estimate of drug-likeness (QED) is 0.524. The Morgan fingerprint density at radius 3 is 2.25 bits per heavy atom. The Hall–Kier alpha value is 0.790. The van der Waals surface area contributed by atoms with Gasteiger partial charge in [-0.15, -0.1) is 0 Å². The topological polar surface area (TPSA) is 18.5 Å². The Kier molecular flexibility index (Phi) is 1.89. The van der Waals surface area contributed by atoms with Crippen molar-refractivity contribution in [2.24, 2.45) is 0 Å². The van der Waals surface area contributed by atoms with Crippen LogP contribution in [0.2, 0.25) is 0 Å². The van der Waals surface area contributed by atoms with Gasteiger partial charge in [0, 0.05) is 0 Å². The van der Waals surface area contributed by atoms with E-state index in [-0.39, 0.29) is 6.61 Å². The lowest BCUT2D eigenvalue weighted by Gasteiger charge is -2.06. The van der Waals surface area contributed by atoms with Crippen molar-refractivity contribution in [3.05, 3.63) is 0 Å². The normalized spacial score (nSPS) is 35.6. The monoisotopic (exact) mass is 176 g/mol. The fourth-order valence-corrected chi connectivity index (χ4v) is 0.960. The molecular formula is C3H3Cl3O2. The second kappa shape index (κ2) is 2.20. The molecule has 0 spiro atoms. The van der Waals surface area contributed by atoms with Crippen LogP contribution in [0.25, 0.3) is 0 Å². The minimum Gasteiger partial charge on any atom is -0.334 e. The summed E-state index contributed by atoms with van der Waals surface area (Å²) in [7, 11) is 0. The van der Waals surface area contributed by atoms with Gasteiger partial charge in [0.25, 0.3) is 0 Å². The van der Waals surface area contributed by atoms with Gasteiger partial charge in [0.15, 0.2) is 0 Å². The van der Waals surface area contributed by atoms with E-state index in [0.717, 1.165) is 0 Å². The summed E-state index contributed by atoms with van der Waals surface area (Å²) in [6, 6.07) is 0. The summed E-state index contributed by atoms with van der Waals surface area (Å²) in [5.41, 5.74) is 0. The van der Waals surface area contributed by atoms with Crippen molar-refractivity contribution < 1.29 is 9.47 Å². The van der Waals surface area contributed by atoms with Gasteiger partial charge in [0.2, 0.25) is 10.3 Å². The van der Waals surface area contributed by atoms with Crippen LogP contribution in [0.1, 0.15) is 0 Å². The van der Waals surface area contributed by atoms with Crippen molar-refractivity contribution in [2.75, 3.05) is 6.61 Å². The van der Waals surface area contributed by atoms with E-state index in [4.69, 9.17) is 34.8 Å². The molecule has 1 heterocycles. The fraction of sp³-hybridized carbons (Fsp3) is 1.00. The van der Waals surface area contributed by atoms with E-state index in [1.54, 1.807) is 0 Å². The van der Waals surface area contributed by atoms with E-state index >= 15 is 0 Å². The molecule has 48 valence electrons. The highest BCUT2D eigenvalue weighted by Crippen LogP contribution is 2.32. The van der Waals surface area contributed by atoms with Crippen LogP contribution in [-0.4, -0.2) is 16.9 Å². The minimum atomic E-state index is -1.24. The summed E-state index contributed by atoms with van der Waals surface area (Å²) in [6.07, 6.45) is 0. The molecular weight excluding hydrogens is 174 g/mol. The van der Waals surface area contributed by atoms with Gasteiger partial charge in [-0.25, -0.2) is 0 Å². The van der Waals surface area contributed by atoms with Gasteiger partial charge in [-0.2, -0.15) is 0 Å². The van der Waals surface area contributed by atoms with Gasteiger partial charge >= 0.3 is 0 Å². The Morgan fingerprint density at radius 1 is 1.50 bits per heavy atom. The third-order valence-electron chi connectivity index (χ3n) is 0.647. The molecule has 0 saturated carbocycles. The van der Waals surface area contributed by atoms with Crippen molar-refractivity contribution in [3.8, 4) is 0 Å². The molecule has 1 aliphatic rings. The highest BCUT2D eigenvalue weighted by atomic mass is 35.5. The van der Waals surface area contributed by atoms with Crippen LogP contribution in [0, 0.1) is 0 Å². The second-order valence-corrected chi connectivity index (χ2v) is 3.11. The number of alkyl halides is 3. The minimum absolute atomic E-state index is 0.115. The Balaban J connectivity index is 2.44. The average Bonchev–Trinajstić information content (AvgIpc) is 1.82. The predicted octanol–water partition coefficient (Wildman–Crippen LogP) is 1.69. The van der Waals surface area contributed by atoms with Crippen LogP contribution in [-0.2, 0) is 9.47 Å². The van der Waals surface area contributed by atoms with Gasteiger partial charge in [0.05, 0.1) is 0 Å². The number of hydrogen-bond donors (Lipinski definition) is 0. The molecule has 1 rings (SSSR count). The van der Waals surface area contributed by atoms with Crippen molar-refractivity contribution in [1.29, 1.82) is 0 Å². The molecule has 0 N–H and O–H groups in total. The van der Waals surface area contributed by atoms with E-state index in [1.807, 2.05) is 0 Å². The summed E-state index contributed by atoms with van der Waals surface area (Å²) in [5, 5.41) is 0. The third-order valence-corrected chi connectivity index (χ3v) is 1.26. The summed E-state index contributed by atoms with van der Waals surface area (Å²) >= 11 is 16.1. The SMILES string of the molecule is ClC1OCC(Cl)(Cl)O1. The molecule has 8 heavy (non-hydrogen) atoms. The summed E-state index contributed by atoms with van der Waals surface area (Å²) in [6.45, 7) is 0.115. The zero-order chi connectivity index (χ0) is 6.20. The molecule has 2 nitrogen and oxygen atoms in total. The van der Waals surface area contributed by atoms with Crippen LogP contribution in [0.3, 0.4) is 0 Å². The number of rotatable bonds is 0. The highest BCUT2D eigenvalue weighted by molar-refractivity contribution is 6.47. The molecule has 1 atom stereocenters. The molecule has 0 amide bonds. The molecule has 0 aromatic rings. The fourth-order valence-electron chi connectivity index (χ4n) is 0.366. The van der Waals surface area contributed by atoms with Gasteiger partial charge in [0.1, 0.15) is 6.61 Å². The van der Waals surface area contributed by atoms with E-state index in [9.17, 15) is 0 Å². The van der Waals surface area contributed by atoms with E-state index in [1.165, 1.54) is 0 Å². The van der Waals surface area contributed by atoms with Crippen LogP contribution >= 0.6 is 34.8 Å². The second-order valence-electron chi connectivity index (χ2n) is 1.34. The number of ether oxygens (including phenoxy) is 2. The lowest BCUT2D eigenvalue weighted by Crippen LogP contribution is -2.14. The molecule has 0 aromatic carbocycles. The summed E-state index contributed by atoms with van der Waals surface area (Å²) in [4.78, 5) is 0. The van der Waals surface area contributed by atoms with Gasteiger partial charge in [-0.05, 0) is 0 Å². The maximum absolute atomic E-state index is 5.40. The predicted molar refractivity (Wildman–Crippen MR) is 31.1 cm³/mol. The van der Waals surface area contributed by atoms with Crippen LogP contribution in [0.15, 0.2) is 0 Å². The standard InChI is InChI=1S/C3H3Cl3O2/c4-2-7-1-3(5,6)8-2/h2H,1H2. The van der Waals surface area contributed by atoms with Crippen molar-refractivity contribution in [1.82, 2.24) is 0 Å². The number of hydrogen-bond acceptors (Lipinski definition) is 2. The largest absolute Gasteiger partial charge is 0.334 e. The molecule has 1 aliphatic heterocycles. The van der Waals surface area contributed by atoms with Gasteiger partial charge < -0.3 is 9.47 Å². The molecule has 1 fully saturated rings. The van der Waals surface area contributed by atoms with Crippen molar-refractivity contribution in [3.63, 3.8) is 0 Å². The first-order valence-electron chi connectivity index (χ1n) is 1.91. The zero-order valence-electron chi connectivity index (χ0n) is 3.73. The highest BCUT2D eigenvalue weighted by Gasteiger charge is 2.36. The van der Waals surface area contributed by atoms with E-state index in [2.05, 4.69) is 9.47 Å². The Morgan fingerprint density at radius 2 is 2.12 bits per heavy atom. The average molecular weight is 177 g/mol. The molecule has 0 aliphatic carbocycles.